The van der Waals surface area contributed by atoms with Gasteiger partial charge in [-0.2, -0.15) is 0 Å². The van der Waals surface area contributed by atoms with E-state index < -0.39 is 0 Å². The Morgan fingerprint density at radius 2 is 2.05 bits per heavy atom. The standard InChI is InChI=1S/C16H23NO4/c1-4-15(21-13-19-2)11-17(12-16(18)20-3)10-14-8-6-5-7-9-14/h4-9,15H,1,10-13H2,2-3H3. The fraction of sp³-hybridized carbons (Fsp3) is 0.438. The summed E-state index contributed by atoms with van der Waals surface area (Å²) in [4.78, 5) is 13.5. The minimum atomic E-state index is -0.277. The zero-order valence-corrected chi connectivity index (χ0v) is 12.7. The molecule has 0 radical (unpaired) electrons. The number of esters is 1. The van der Waals surface area contributed by atoms with Crippen molar-refractivity contribution in [2.24, 2.45) is 0 Å². The van der Waals surface area contributed by atoms with Crippen molar-refractivity contribution in [2.45, 2.75) is 12.6 Å². The minimum absolute atomic E-state index is 0.189. The van der Waals surface area contributed by atoms with E-state index in [2.05, 4.69) is 6.58 Å². The number of carbonyl (C=O) groups is 1. The van der Waals surface area contributed by atoms with Crippen LogP contribution in [0, 0.1) is 0 Å². The maximum Gasteiger partial charge on any atom is 0.319 e. The predicted molar refractivity (Wildman–Crippen MR) is 80.7 cm³/mol. The molecule has 116 valence electrons. The molecule has 21 heavy (non-hydrogen) atoms. The van der Waals surface area contributed by atoms with Crippen LogP contribution in [0.2, 0.25) is 0 Å². The molecule has 0 aromatic heterocycles. The highest BCUT2D eigenvalue weighted by atomic mass is 16.7. The van der Waals surface area contributed by atoms with Crippen molar-refractivity contribution in [3.63, 3.8) is 0 Å². The Hall–Kier alpha value is -1.69. The van der Waals surface area contributed by atoms with Crippen LogP contribution >= 0.6 is 0 Å². The Morgan fingerprint density at radius 1 is 1.33 bits per heavy atom. The first-order valence-electron chi connectivity index (χ1n) is 6.75. The van der Waals surface area contributed by atoms with E-state index in [1.54, 1.807) is 13.2 Å². The first-order valence-corrected chi connectivity index (χ1v) is 6.75. The largest absolute Gasteiger partial charge is 0.468 e. The van der Waals surface area contributed by atoms with Gasteiger partial charge in [0.25, 0.3) is 0 Å². The predicted octanol–water partition coefficient (Wildman–Crippen LogP) is 1.84. The normalized spacial score (nSPS) is 12.1. The van der Waals surface area contributed by atoms with E-state index >= 15 is 0 Å². The average molecular weight is 293 g/mol. The molecule has 1 unspecified atom stereocenters. The molecule has 1 rings (SSSR count). The molecule has 0 N–H and O–H groups in total. The van der Waals surface area contributed by atoms with Gasteiger partial charge in [-0.3, -0.25) is 9.69 Å². The van der Waals surface area contributed by atoms with Crippen molar-refractivity contribution < 1.29 is 19.0 Å². The van der Waals surface area contributed by atoms with Crippen molar-refractivity contribution >= 4 is 5.97 Å². The summed E-state index contributed by atoms with van der Waals surface area (Å²) >= 11 is 0. The van der Waals surface area contributed by atoms with E-state index in [0.717, 1.165) is 5.56 Å². The highest BCUT2D eigenvalue weighted by molar-refractivity contribution is 5.71. The lowest BCUT2D eigenvalue weighted by molar-refractivity contribution is -0.142. The van der Waals surface area contributed by atoms with Gasteiger partial charge in [0.15, 0.2) is 0 Å². The molecule has 1 atom stereocenters. The SMILES string of the molecule is C=CC(CN(CC(=O)OC)Cc1ccccc1)OCOC. The van der Waals surface area contributed by atoms with Crippen molar-refractivity contribution in [1.29, 1.82) is 0 Å². The summed E-state index contributed by atoms with van der Waals surface area (Å²) < 4.78 is 15.1. The zero-order chi connectivity index (χ0) is 15.5. The number of hydrogen-bond acceptors (Lipinski definition) is 5. The first-order chi connectivity index (χ1) is 10.2. The topological polar surface area (TPSA) is 48.0 Å². The lowest BCUT2D eigenvalue weighted by Gasteiger charge is -2.25. The van der Waals surface area contributed by atoms with Gasteiger partial charge in [0.2, 0.25) is 0 Å². The van der Waals surface area contributed by atoms with Gasteiger partial charge in [-0.1, -0.05) is 36.4 Å². The molecule has 0 aliphatic carbocycles. The van der Waals surface area contributed by atoms with Crippen molar-refractivity contribution in [1.82, 2.24) is 4.90 Å². The number of nitrogens with zero attached hydrogens (tertiary/aromatic N) is 1. The molecule has 0 saturated carbocycles. The number of carbonyl (C=O) groups excluding carboxylic acids is 1. The lowest BCUT2D eigenvalue weighted by Crippen LogP contribution is -2.37. The molecule has 0 saturated heterocycles. The van der Waals surface area contributed by atoms with E-state index in [0.29, 0.717) is 13.1 Å². The number of rotatable bonds is 10. The van der Waals surface area contributed by atoms with Gasteiger partial charge in [-0.25, -0.2) is 0 Å². The Labute approximate surface area is 126 Å². The van der Waals surface area contributed by atoms with E-state index in [1.165, 1.54) is 7.11 Å². The minimum Gasteiger partial charge on any atom is -0.468 e. The highest BCUT2D eigenvalue weighted by Crippen LogP contribution is 2.07. The van der Waals surface area contributed by atoms with Crippen molar-refractivity contribution in [3.05, 3.63) is 48.6 Å². The molecular formula is C16H23NO4. The summed E-state index contributed by atoms with van der Waals surface area (Å²) in [6, 6.07) is 9.94. The molecule has 0 fully saturated rings. The molecule has 0 heterocycles. The fourth-order valence-corrected chi connectivity index (χ4v) is 1.88. The van der Waals surface area contributed by atoms with Gasteiger partial charge >= 0.3 is 5.97 Å². The van der Waals surface area contributed by atoms with Crippen molar-refractivity contribution in [3.8, 4) is 0 Å². The molecule has 0 bridgehead atoms. The smallest absolute Gasteiger partial charge is 0.319 e. The van der Waals surface area contributed by atoms with Gasteiger partial charge in [-0.15, -0.1) is 6.58 Å². The van der Waals surface area contributed by atoms with Gasteiger partial charge in [0.05, 0.1) is 19.8 Å². The molecule has 1 aromatic carbocycles. The quantitative estimate of drug-likeness (QED) is 0.374. The number of benzene rings is 1. The van der Waals surface area contributed by atoms with E-state index in [4.69, 9.17) is 14.2 Å². The average Bonchev–Trinajstić information content (AvgIpc) is 2.52. The van der Waals surface area contributed by atoms with Gasteiger partial charge in [0.1, 0.15) is 6.79 Å². The third kappa shape index (κ3) is 7.04. The van der Waals surface area contributed by atoms with Crippen LogP contribution in [0.25, 0.3) is 0 Å². The van der Waals surface area contributed by atoms with Gasteiger partial charge in [0, 0.05) is 20.2 Å². The van der Waals surface area contributed by atoms with Crippen LogP contribution in [0.5, 0.6) is 0 Å². The maximum atomic E-state index is 11.5. The van der Waals surface area contributed by atoms with Gasteiger partial charge in [-0.05, 0) is 5.56 Å². The first kappa shape index (κ1) is 17.4. The summed E-state index contributed by atoms with van der Waals surface area (Å²) in [5, 5.41) is 0. The molecule has 0 aliphatic heterocycles. The Balaban J connectivity index is 2.66. The third-order valence-corrected chi connectivity index (χ3v) is 2.93. The van der Waals surface area contributed by atoms with Crippen LogP contribution in [-0.2, 0) is 25.5 Å². The summed E-state index contributed by atoms with van der Waals surface area (Å²) in [6.07, 6.45) is 1.49. The summed E-state index contributed by atoms with van der Waals surface area (Å²) in [5.41, 5.74) is 1.12. The lowest BCUT2D eigenvalue weighted by atomic mass is 10.2. The van der Waals surface area contributed by atoms with Crippen LogP contribution in [0.15, 0.2) is 43.0 Å². The molecule has 5 nitrogen and oxygen atoms in total. The second kappa shape index (κ2) is 10.1. The van der Waals surface area contributed by atoms with Crippen LogP contribution in [0.4, 0.5) is 0 Å². The van der Waals surface area contributed by atoms with Crippen LogP contribution in [0.1, 0.15) is 5.56 Å². The zero-order valence-electron chi connectivity index (χ0n) is 12.7. The van der Waals surface area contributed by atoms with Crippen LogP contribution < -0.4 is 0 Å². The summed E-state index contributed by atoms with van der Waals surface area (Å²) in [7, 11) is 2.95. The van der Waals surface area contributed by atoms with Crippen LogP contribution in [0.3, 0.4) is 0 Å². The molecular weight excluding hydrogens is 270 g/mol. The summed E-state index contributed by atoms with van der Waals surface area (Å²) in [5.74, 6) is -0.277. The second-order valence-corrected chi connectivity index (χ2v) is 4.58. The number of hydrogen-bond donors (Lipinski definition) is 0. The molecule has 5 heteroatoms. The summed E-state index contributed by atoms with van der Waals surface area (Å²) in [6.45, 7) is 5.31. The molecule has 1 aromatic rings. The number of methoxy groups -OCH3 is 2. The van der Waals surface area contributed by atoms with E-state index in [-0.39, 0.29) is 25.4 Å². The van der Waals surface area contributed by atoms with Gasteiger partial charge < -0.3 is 14.2 Å². The van der Waals surface area contributed by atoms with Crippen molar-refractivity contribution in [2.75, 3.05) is 34.1 Å². The van der Waals surface area contributed by atoms with E-state index in [9.17, 15) is 4.79 Å². The van der Waals surface area contributed by atoms with Crippen LogP contribution in [-0.4, -0.2) is 51.1 Å². The molecule has 0 spiro atoms. The molecule has 0 aliphatic rings. The fourth-order valence-electron chi connectivity index (χ4n) is 1.88. The third-order valence-electron chi connectivity index (χ3n) is 2.93. The monoisotopic (exact) mass is 293 g/mol. The highest BCUT2D eigenvalue weighted by Gasteiger charge is 2.16. The Morgan fingerprint density at radius 3 is 2.62 bits per heavy atom. The number of ether oxygens (including phenoxy) is 3. The maximum absolute atomic E-state index is 11.5. The Kier molecular flexibility index (Phi) is 8.35. The van der Waals surface area contributed by atoms with E-state index in [1.807, 2.05) is 35.2 Å². The Bertz CT molecular complexity index is 422. The second-order valence-electron chi connectivity index (χ2n) is 4.58. The molecule has 0 amide bonds.